The first kappa shape index (κ1) is 14.9. The number of halogens is 1. The van der Waals surface area contributed by atoms with Crippen LogP contribution in [0.15, 0.2) is 0 Å². The lowest BCUT2D eigenvalue weighted by Gasteiger charge is -2.25. The second-order valence-corrected chi connectivity index (χ2v) is 7.16. The zero-order valence-corrected chi connectivity index (χ0v) is 14.3. The Morgan fingerprint density at radius 2 is 2.09 bits per heavy atom. The van der Waals surface area contributed by atoms with Crippen LogP contribution in [0.3, 0.4) is 0 Å². The highest BCUT2D eigenvalue weighted by atomic mass is 35.5. The Hall–Kier alpha value is -1.65. The average molecular weight is 349 g/mol. The van der Waals surface area contributed by atoms with Crippen molar-refractivity contribution >= 4 is 28.1 Å². The molecule has 4 heterocycles. The number of fused-ring (bicyclic) bond motifs is 1. The van der Waals surface area contributed by atoms with Gasteiger partial charge in [-0.1, -0.05) is 18.0 Å². The van der Waals surface area contributed by atoms with Gasteiger partial charge in [0, 0.05) is 19.5 Å². The van der Waals surface area contributed by atoms with Crippen LogP contribution in [0.25, 0.3) is 0 Å². The summed E-state index contributed by atoms with van der Waals surface area (Å²) in [6.45, 7) is 1.90. The normalized spacial score (nSPS) is 21.0. The third-order valence-corrected chi connectivity index (χ3v) is 5.95. The molecule has 2 aliphatic rings. The molecule has 0 aromatic carbocycles. The monoisotopic (exact) mass is 348 g/mol. The molecule has 0 saturated carbocycles. The highest BCUT2D eigenvalue weighted by Crippen LogP contribution is 2.41. The summed E-state index contributed by atoms with van der Waals surface area (Å²) >= 11 is 7.35. The van der Waals surface area contributed by atoms with Crippen molar-refractivity contribution in [3.63, 3.8) is 0 Å². The van der Waals surface area contributed by atoms with E-state index in [4.69, 9.17) is 11.6 Å². The van der Waals surface area contributed by atoms with Crippen molar-refractivity contribution in [3.05, 3.63) is 22.4 Å². The van der Waals surface area contributed by atoms with E-state index in [-0.39, 0.29) is 6.04 Å². The van der Waals surface area contributed by atoms with Gasteiger partial charge in [-0.15, -0.1) is 10.2 Å². The maximum absolute atomic E-state index is 9.37. The first-order valence-corrected chi connectivity index (χ1v) is 9.18. The molecule has 23 heavy (non-hydrogen) atoms. The van der Waals surface area contributed by atoms with E-state index in [9.17, 15) is 5.26 Å². The Kier molecular flexibility index (Phi) is 3.95. The van der Waals surface area contributed by atoms with Gasteiger partial charge in [0.2, 0.25) is 0 Å². The summed E-state index contributed by atoms with van der Waals surface area (Å²) in [4.78, 5) is 2.24. The van der Waals surface area contributed by atoms with Crippen LogP contribution in [0.2, 0.25) is 5.15 Å². The van der Waals surface area contributed by atoms with E-state index in [1.165, 1.54) is 30.8 Å². The van der Waals surface area contributed by atoms with Crippen LogP contribution in [-0.4, -0.2) is 25.7 Å². The highest BCUT2D eigenvalue weighted by molar-refractivity contribution is 7.10. The molecule has 0 amide bonds. The molecular weight excluding hydrogens is 332 g/mol. The Bertz CT molecular complexity index is 761. The second-order valence-electron chi connectivity index (χ2n) is 6.05. The van der Waals surface area contributed by atoms with Crippen LogP contribution < -0.4 is 4.90 Å². The molecular formula is C15H17ClN6S. The fourth-order valence-electron chi connectivity index (χ4n) is 3.59. The predicted molar refractivity (Wildman–Crippen MR) is 88.7 cm³/mol. The molecule has 120 valence electrons. The van der Waals surface area contributed by atoms with Crippen molar-refractivity contribution in [2.45, 2.75) is 51.1 Å². The molecule has 2 aromatic rings. The maximum Gasteiger partial charge on any atom is 0.162 e. The molecule has 0 aliphatic carbocycles. The zero-order valence-electron chi connectivity index (χ0n) is 12.7. The summed E-state index contributed by atoms with van der Waals surface area (Å²) in [7, 11) is 0. The van der Waals surface area contributed by atoms with Gasteiger partial charge in [-0.2, -0.15) is 9.64 Å². The van der Waals surface area contributed by atoms with E-state index in [1.54, 1.807) is 0 Å². The van der Waals surface area contributed by atoms with Gasteiger partial charge in [-0.05, 0) is 37.2 Å². The number of aromatic nitrogens is 4. The molecule has 4 rings (SSSR count). The molecule has 0 unspecified atom stereocenters. The van der Waals surface area contributed by atoms with E-state index in [0.29, 0.717) is 10.7 Å². The highest BCUT2D eigenvalue weighted by Gasteiger charge is 2.34. The van der Waals surface area contributed by atoms with Crippen LogP contribution >= 0.6 is 23.1 Å². The van der Waals surface area contributed by atoms with Crippen LogP contribution in [0.5, 0.6) is 0 Å². The van der Waals surface area contributed by atoms with Crippen LogP contribution in [-0.2, 0) is 13.0 Å². The third-order valence-electron chi connectivity index (χ3n) is 4.69. The second kappa shape index (κ2) is 6.10. The standard InChI is InChI=1S/C15H17ClN6S/c16-13-10(9-17)15(23-20-13)21-8-4-5-11(21)14-19-18-12-6-2-1-3-7-22(12)14/h11H,1-8H2/t11-/m1/s1. The van der Waals surface area contributed by atoms with Gasteiger partial charge in [0.25, 0.3) is 0 Å². The van der Waals surface area contributed by atoms with Crippen molar-refractivity contribution in [3.8, 4) is 6.07 Å². The molecule has 0 radical (unpaired) electrons. The number of rotatable bonds is 2. The molecule has 0 N–H and O–H groups in total. The molecule has 0 bridgehead atoms. The Labute approximate surface area is 143 Å². The van der Waals surface area contributed by atoms with Gasteiger partial charge in [-0.25, -0.2) is 0 Å². The lowest BCUT2D eigenvalue weighted by molar-refractivity contribution is 0.560. The minimum Gasteiger partial charge on any atom is -0.351 e. The Morgan fingerprint density at radius 3 is 2.96 bits per heavy atom. The van der Waals surface area contributed by atoms with Gasteiger partial charge >= 0.3 is 0 Å². The topological polar surface area (TPSA) is 70.6 Å². The average Bonchev–Trinajstić information content (AvgIpc) is 3.22. The minimum atomic E-state index is 0.165. The predicted octanol–water partition coefficient (Wildman–Crippen LogP) is 3.33. The summed E-state index contributed by atoms with van der Waals surface area (Å²) in [6.07, 6.45) is 6.73. The number of hydrogen-bond donors (Lipinski definition) is 0. The van der Waals surface area contributed by atoms with Gasteiger partial charge in [-0.3, -0.25) is 0 Å². The lowest BCUT2D eigenvalue weighted by atomic mass is 10.2. The van der Waals surface area contributed by atoms with E-state index in [2.05, 4.69) is 30.1 Å². The van der Waals surface area contributed by atoms with Crippen LogP contribution in [0.1, 0.15) is 55.4 Å². The molecule has 0 spiro atoms. The lowest BCUT2D eigenvalue weighted by Crippen LogP contribution is -2.25. The van der Waals surface area contributed by atoms with Crippen molar-refractivity contribution in [1.82, 2.24) is 19.1 Å². The van der Waals surface area contributed by atoms with Gasteiger partial charge in [0.05, 0.1) is 6.04 Å². The van der Waals surface area contributed by atoms with Gasteiger partial charge in [0.15, 0.2) is 11.0 Å². The Morgan fingerprint density at radius 1 is 1.17 bits per heavy atom. The van der Waals surface area contributed by atoms with Crippen molar-refractivity contribution in [2.75, 3.05) is 11.4 Å². The van der Waals surface area contributed by atoms with Crippen molar-refractivity contribution in [1.29, 1.82) is 5.26 Å². The summed E-state index contributed by atoms with van der Waals surface area (Å²) < 4.78 is 6.45. The SMILES string of the molecule is N#Cc1c(Cl)nsc1N1CCC[C@@H]1c1nnc2n1CCCCC2. The first-order valence-electron chi connectivity index (χ1n) is 8.03. The summed E-state index contributed by atoms with van der Waals surface area (Å²) in [5.74, 6) is 2.14. The minimum absolute atomic E-state index is 0.165. The molecule has 6 nitrogen and oxygen atoms in total. The van der Waals surface area contributed by atoms with Gasteiger partial charge < -0.3 is 9.47 Å². The van der Waals surface area contributed by atoms with Gasteiger partial charge in [0.1, 0.15) is 22.5 Å². The number of aryl methyl sites for hydroxylation is 1. The van der Waals surface area contributed by atoms with Crippen molar-refractivity contribution < 1.29 is 0 Å². The van der Waals surface area contributed by atoms with Crippen LogP contribution in [0, 0.1) is 11.3 Å². The third kappa shape index (κ3) is 2.50. The zero-order chi connectivity index (χ0) is 15.8. The number of anilines is 1. The molecule has 1 atom stereocenters. The van der Waals surface area contributed by atoms with Crippen LogP contribution in [0.4, 0.5) is 5.00 Å². The maximum atomic E-state index is 9.37. The van der Waals surface area contributed by atoms with E-state index < -0.39 is 0 Å². The molecule has 8 heteroatoms. The number of hydrogen-bond acceptors (Lipinski definition) is 6. The first-order chi connectivity index (χ1) is 11.3. The Balaban J connectivity index is 1.71. The quantitative estimate of drug-likeness (QED) is 0.832. The number of nitriles is 1. The summed E-state index contributed by atoms with van der Waals surface area (Å²) in [6, 6.07) is 2.36. The molecule has 2 aliphatic heterocycles. The fourth-order valence-corrected chi connectivity index (χ4v) is 4.69. The number of nitrogens with zero attached hydrogens (tertiary/aromatic N) is 6. The summed E-state index contributed by atoms with van der Waals surface area (Å²) in [5, 5.41) is 19.5. The molecule has 1 fully saturated rings. The summed E-state index contributed by atoms with van der Waals surface area (Å²) in [5.41, 5.74) is 0.485. The smallest absolute Gasteiger partial charge is 0.162 e. The van der Waals surface area contributed by atoms with E-state index in [0.717, 1.165) is 49.0 Å². The van der Waals surface area contributed by atoms with Crippen molar-refractivity contribution in [2.24, 2.45) is 0 Å². The molecule has 2 aromatic heterocycles. The molecule has 1 saturated heterocycles. The van der Waals surface area contributed by atoms with E-state index >= 15 is 0 Å². The fraction of sp³-hybridized carbons (Fsp3) is 0.600. The largest absolute Gasteiger partial charge is 0.351 e. The van der Waals surface area contributed by atoms with E-state index in [1.807, 2.05) is 0 Å².